The predicted molar refractivity (Wildman–Crippen MR) is 43.1 cm³/mol. The molecule has 4 nitrogen and oxygen atoms in total. The summed E-state index contributed by atoms with van der Waals surface area (Å²) in [6.45, 7) is 0. The van der Waals surface area contributed by atoms with Crippen molar-refractivity contribution >= 4 is 27.5 Å². The third-order valence-electron chi connectivity index (χ3n) is 1.06. The summed E-state index contributed by atoms with van der Waals surface area (Å²) >= 11 is 8.09. The molecule has 0 aliphatic heterocycles. The van der Waals surface area contributed by atoms with Crippen LogP contribution in [0.5, 0.6) is 11.5 Å². The molecule has 0 unspecified atom stereocenters. The molecule has 0 aliphatic rings. The Morgan fingerprint density at radius 3 is 2.45 bits per heavy atom. The quantitative estimate of drug-likeness (QED) is 0.597. The highest BCUT2D eigenvalue weighted by molar-refractivity contribution is 9.10. The number of pyridine rings is 1. The number of halogens is 2. The molecule has 0 saturated carbocycles. The van der Waals surface area contributed by atoms with Gasteiger partial charge in [-0.3, -0.25) is 4.79 Å². The van der Waals surface area contributed by atoms with E-state index in [0.29, 0.717) is 0 Å². The third kappa shape index (κ3) is 1.34. The molecule has 1 heterocycles. The summed E-state index contributed by atoms with van der Waals surface area (Å²) in [5.41, 5.74) is -0.658. The van der Waals surface area contributed by atoms with E-state index in [9.17, 15) is 4.79 Å². The first-order chi connectivity index (χ1) is 5.04. The highest BCUT2D eigenvalue weighted by Crippen LogP contribution is 2.34. The molecule has 11 heavy (non-hydrogen) atoms. The van der Waals surface area contributed by atoms with Gasteiger partial charge in [0.1, 0.15) is 4.60 Å². The van der Waals surface area contributed by atoms with Gasteiger partial charge in [0.2, 0.25) is 0 Å². The molecular weight excluding hydrogens is 237 g/mol. The molecule has 0 aliphatic carbocycles. The van der Waals surface area contributed by atoms with Gasteiger partial charge in [-0.1, -0.05) is 11.6 Å². The fourth-order valence-corrected chi connectivity index (χ4v) is 1.03. The zero-order valence-electron chi connectivity index (χ0n) is 5.06. The Morgan fingerprint density at radius 1 is 1.36 bits per heavy atom. The highest BCUT2D eigenvalue weighted by Gasteiger charge is 2.12. The van der Waals surface area contributed by atoms with Crippen molar-refractivity contribution in [2.45, 2.75) is 0 Å². The molecule has 1 aromatic rings. The minimum Gasteiger partial charge on any atom is -0.503 e. The topological polar surface area (TPSA) is 73.3 Å². The highest BCUT2D eigenvalue weighted by atomic mass is 79.9. The Labute approximate surface area is 74.6 Å². The van der Waals surface area contributed by atoms with Gasteiger partial charge < -0.3 is 15.2 Å². The van der Waals surface area contributed by atoms with Crippen LogP contribution >= 0.6 is 27.5 Å². The Hall–Kier alpha value is -0.680. The first-order valence-corrected chi connectivity index (χ1v) is 3.70. The number of aromatic nitrogens is 1. The second-order valence-electron chi connectivity index (χ2n) is 1.78. The number of rotatable bonds is 0. The number of H-pyrrole nitrogens is 1. The molecule has 3 N–H and O–H groups in total. The number of hydrogen-bond acceptors (Lipinski definition) is 3. The van der Waals surface area contributed by atoms with Gasteiger partial charge in [0, 0.05) is 0 Å². The van der Waals surface area contributed by atoms with E-state index in [1.54, 1.807) is 0 Å². The lowest BCUT2D eigenvalue weighted by molar-refractivity contribution is 0.398. The van der Waals surface area contributed by atoms with Gasteiger partial charge in [0.15, 0.2) is 16.5 Å². The predicted octanol–water partition coefficient (Wildman–Crippen LogP) is 1.20. The molecule has 0 bridgehead atoms. The normalized spacial score (nSPS) is 10.0. The largest absolute Gasteiger partial charge is 0.503 e. The lowest BCUT2D eigenvalue weighted by atomic mass is 10.4. The van der Waals surface area contributed by atoms with Crippen molar-refractivity contribution in [3.63, 3.8) is 0 Å². The van der Waals surface area contributed by atoms with Crippen molar-refractivity contribution < 1.29 is 10.2 Å². The van der Waals surface area contributed by atoms with Crippen LogP contribution in [0.25, 0.3) is 0 Å². The smallest absolute Gasteiger partial charge is 0.271 e. The van der Waals surface area contributed by atoms with Crippen molar-refractivity contribution in [3.05, 3.63) is 20.0 Å². The van der Waals surface area contributed by atoms with Crippen LogP contribution < -0.4 is 5.56 Å². The minimum absolute atomic E-state index is 0.00407. The van der Waals surface area contributed by atoms with Crippen molar-refractivity contribution in [3.8, 4) is 11.5 Å². The van der Waals surface area contributed by atoms with Gasteiger partial charge in [-0.2, -0.15) is 0 Å². The van der Waals surface area contributed by atoms with Crippen LogP contribution in [0.15, 0.2) is 9.40 Å². The maximum absolute atomic E-state index is 10.7. The molecule has 0 fully saturated rings. The summed E-state index contributed by atoms with van der Waals surface area (Å²) in [4.78, 5) is 12.9. The zero-order valence-corrected chi connectivity index (χ0v) is 7.40. The Balaban J connectivity index is 3.59. The third-order valence-corrected chi connectivity index (χ3v) is 1.99. The van der Waals surface area contributed by atoms with Crippen LogP contribution in [0.3, 0.4) is 0 Å². The maximum Gasteiger partial charge on any atom is 0.271 e. The fraction of sp³-hybridized carbons (Fsp3) is 0. The van der Waals surface area contributed by atoms with Gasteiger partial charge in [-0.15, -0.1) is 0 Å². The molecule has 0 atom stereocenters. The molecule has 0 spiro atoms. The van der Waals surface area contributed by atoms with Crippen LogP contribution in [0.4, 0.5) is 0 Å². The molecule has 60 valence electrons. The van der Waals surface area contributed by atoms with E-state index < -0.39 is 22.1 Å². The van der Waals surface area contributed by atoms with Gasteiger partial charge in [-0.05, 0) is 15.9 Å². The lowest BCUT2D eigenvalue weighted by Gasteiger charge is -1.99. The van der Waals surface area contributed by atoms with E-state index in [-0.39, 0.29) is 4.60 Å². The van der Waals surface area contributed by atoms with E-state index >= 15 is 0 Å². The molecule has 6 heteroatoms. The van der Waals surface area contributed by atoms with Crippen LogP contribution in [0.1, 0.15) is 0 Å². The molecule has 0 radical (unpaired) electrons. The van der Waals surface area contributed by atoms with Gasteiger partial charge in [0.25, 0.3) is 5.56 Å². The Morgan fingerprint density at radius 2 is 1.91 bits per heavy atom. The number of aromatic amines is 1. The summed E-state index contributed by atoms with van der Waals surface area (Å²) < 4.78 is 0.00407. The van der Waals surface area contributed by atoms with Crippen molar-refractivity contribution in [2.24, 2.45) is 0 Å². The van der Waals surface area contributed by atoms with Crippen LogP contribution in [-0.4, -0.2) is 15.2 Å². The Bertz CT molecular complexity index is 348. The van der Waals surface area contributed by atoms with Crippen LogP contribution in [0.2, 0.25) is 5.02 Å². The van der Waals surface area contributed by atoms with Gasteiger partial charge in [0.05, 0.1) is 0 Å². The summed E-state index contributed by atoms with van der Waals surface area (Å²) in [6, 6.07) is 0. The van der Waals surface area contributed by atoms with Gasteiger partial charge in [-0.25, -0.2) is 0 Å². The standard InChI is InChI=1S/C5H3BrClNO3/c6-4-3(10)2(9)1(7)5(11)8-4/h10H,(H2,8,9,11). The summed E-state index contributed by atoms with van der Waals surface area (Å²) in [5, 5.41) is 17.5. The van der Waals surface area contributed by atoms with Gasteiger partial charge >= 0.3 is 0 Å². The molecule has 0 amide bonds. The maximum atomic E-state index is 10.7. The summed E-state index contributed by atoms with van der Waals surface area (Å²) in [6.07, 6.45) is 0. The average Bonchev–Trinajstić information content (AvgIpc) is 1.97. The second-order valence-corrected chi connectivity index (χ2v) is 2.95. The van der Waals surface area contributed by atoms with E-state index in [1.165, 1.54) is 0 Å². The SMILES string of the molecule is O=c1[nH]c(Br)c(O)c(O)c1Cl. The molecule has 0 saturated heterocycles. The number of hydrogen-bond donors (Lipinski definition) is 3. The monoisotopic (exact) mass is 239 g/mol. The summed E-state index contributed by atoms with van der Waals surface area (Å²) in [5.74, 6) is -1.10. The van der Waals surface area contributed by atoms with Crippen molar-refractivity contribution in [1.82, 2.24) is 4.98 Å². The fourth-order valence-electron chi connectivity index (χ4n) is 0.529. The van der Waals surface area contributed by atoms with Crippen molar-refractivity contribution in [1.29, 1.82) is 0 Å². The van der Waals surface area contributed by atoms with Crippen molar-refractivity contribution in [2.75, 3.05) is 0 Å². The molecule has 1 aromatic heterocycles. The lowest BCUT2D eigenvalue weighted by Crippen LogP contribution is -2.05. The number of nitrogens with one attached hydrogen (secondary N) is 1. The van der Waals surface area contributed by atoms with E-state index in [0.717, 1.165) is 0 Å². The van der Waals surface area contributed by atoms with E-state index in [4.69, 9.17) is 21.8 Å². The molecular formula is C5H3BrClNO3. The number of aromatic hydroxyl groups is 2. The second kappa shape index (κ2) is 2.75. The van der Waals surface area contributed by atoms with Crippen LogP contribution in [-0.2, 0) is 0 Å². The first kappa shape index (κ1) is 8.42. The first-order valence-electron chi connectivity index (χ1n) is 2.53. The molecule has 1 rings (SSSR count). The van der Waals surface area contributed by atoms with E-state index in [1.807, 2.05) is 0 Å². The zero-order chi connectivity index (χ0) is 8.59. The Kier molecular flexibility index (Phi) is 2.10. The summed E-state index contributed by atoms with van der Waals surface area (Å²) in [7, 11) is 0. The van der Waals surface area contributed by atoms with Crippen LogP contribution in [0, 0.1) is 0 Å². The average molecular weight is 240 g/mol. The van der Waals surface area contributed by atoms with E-state index in [2.05, 4.69) is 20.9 Å². The molecule has 0 aromatic carbocycles. The minimum atomic E-state index is -0.658.